The zero-order chi connectivity index (χ0) is 16.0. The molecule has 1 aromatic carbocycles. The molecule has 3 heteroatoms. The van der Waals surface area contributed by atoms with Crippen molar-refractivity contribution in [3.05, 3.63) is 29.8 Å². The number of amides is 1. The van der Waals surface area contributed by atoms with Crippen LogP contribution in [0.1, 0.15) is 51.9 Å². The van der Waals surface area contributed by atoms with E-state index in [-0.39, 0.29) is 12.0 Å². The minimum Gasteiger partial charge on any atom is -0.491 e. The molecule has 0 N–H and O–H groups in total. The molecule has 0 spiro atoms. The van der Waals surface area contributed by atoms with Crippen molar-refractivity contribution in [2.75, 3.05) is 13.1 Å². The number of ether oxygens (including phenoxy) is 1. The fourth-order valence-electron chi connectivity index (χ4n) is 2.25. The van der Waals surface area contributed by atoms with Crippen molar-refractivity contribution in [3.8, 4) is 5.75 Å². The lowest BCUT2D eigenvalue weighted by atomic mass is 10.1. The van der Waals surface area contributed by atoms with Gasteiger partial charge in [-0.05, 0) is 49.9 Å². The number of carbonyl (C=O) groups is 1. The minimum atomic E-state index is 0.105. The van der Waals surface area contributed by atoms with Crippen LogP contribution in [0.4, 0.5) is 0 Å². The Labute approximate surface area is 129 Å². The van der Waals surface area contributed by atoms with Crippen molar-refractivity contribution in [2.24, 2.45) is 11.8 Å². The molecule has 118 valence electrons. The van der Waals surface area contributed by atoms with Gasteiger partial charge in [0, 0.05) is 18.7 Å². The van der Waals surface area contributed by atoms with Crippen LogP contribution >= 0.6 is 0 Å². The number of nitrogens with zero attached hydrogens (tertiary/aromatic N) is 1. The Kier molecular flexibility index (Phi) is 6.73. The van der Waals surface area contributed by atoms with Crippen molar-refractivity contribution in [2.45, 2.75) is 47.6 Å². The molecule has 3 nitrogen and oxygen atoms in total. The van der Waals surface area contributed by atoms with Gasteiger partial charge < -0.3 is 9.64 Å². The van der Waals surface area contributed by atoms with Gasteiger partial charge >= 0.3 is 0 Å². The maximum Gasteiger partial charge on any atom is 0.253 e. The lowest BCUT2D eigenvalue weighted by Gasteiger charge is -2.26. The number of benzene rings is 1. The molecule has 0 fully saturated rings. The summed E-state index contributed by atoms with van der Waals surface area (Å²) in [6, 6.07) is 7.45. The van der Waals surface area contributed by atoms with Crippen LogP contribution in [-0.4, -0.2) is 30.0 Å². The van der Waals surface area contributed by atoms with Gasteiger partial charge in [-0.3, -0.25) is 4.79 Å². The summed E-state index contributed by atoms with van der Waals surface area (Å²) in [6.07, 6.45) is 0.143. The van der Waals surface area contributed by atoms with Gasteiger partial charge in [-0.15, -0.1) is 0 Å². The first kappa shape index (κ1) is 17.5. The third-order valence-corrected chi connectivity index (χ3v) is 2.93. The van der Waals surface area contributed by atoms with Gasteiger partial charge in [0.2, 0.25) is 0 Å². The second kappa shape index (κ2) is 8.06. The molecule has 1 aromatic rings. The monoisotopic (exact) mass is 291 g/mol. The molecule has 21 heavy (non-hydrogen) atoms. The SMILES string of the molecule is CC(C)CN(CC(C)C)C(=O)c1ccc(OC(C)C)cc1. The Morgan fingerprint density at radius 3 is 1.81 bits per heavy atom. The normalized spacial score (nSPS) is 11.3. The molecule has 0 radical (unpaired) electrons. The molecule has 0 aromatic heterocycles. The average molecular weight is 291 g/mol. The molecule has 0 aliphatic rings. The van der Waals surface area contributed by atoms with E-state index in [1.807, 2.05) is 43.0 Å². The number of rotatable bonds is 7. The smallest absolute Gasteiger partial charge is 0.253 e. The van der Waals surface area contributed by atoms with Gasteiger partial charge in [-0.25, -0.2) is 0 Å². The van der Waals surface area contributed by atoms with Crippen LogP contribution in [0.15, 0.2) is 24.3 Å². The average Bonchev–Trinajstić information content (AvgIpc) is 2.36. The Morgan fingerprint density at radius 1 is 0.952 bits per heavy atom. The summed E-state index contributed by atoms with van der Waals surface area (Å²) in [5, 5.41) is 0. The molecular weight excluding hydrogens is 262 g/mol. The van der Waals surface area contributed by atoms with E-state index in [9.17, 15) is 4.79 Å². The highest BCUT2D eigenvalue weighted by Crippen LogP contribution is 2.16. The van der Waals surface area contributed by atoms with E-state index in [0.717, 1.165) is 24.4 Å². The molecule has 0 saturated heterocycles. The standard InChI is InChI=1S/C18H29NO2/c1-13(2)11-19(12-14(3)4)18(20)16-7-9-17(10-8-16)21-15(5)6/h7-10,13-15H,11-12H2,1-6H3. The maximum absolute atomic E-state index is 12.6. The Morgan fingerprint density at radius 2 is 1.43 bits per heavy atom. The highest BCUT2D eigenvalue weighted by Gasteiger charge is 2.18. The zero-order valence-electron chi connectivity index (χ0n) is 14.2. The molecule has 0 aliphatic heterocycles. The summed E-state index contributed by atoms with van der Waals surface area (Å²) in [4.78, 5) is 14.6. The summed E-state index contributed by atoms with van der Waals surface area (Å²) in [5.74, 6) is 1.85. The molecule has 0 aliphatic carbocycles. The van der Waals surface area contributed by atoms with Crippen molar-refractivity contribution in [1.29, 1.82) is 0 Å². The van der Waals surface area contributed by atoms with Crippen LogP contribution in [0.3, 0.4) is 0 Å². The lowest BCUT2D eigenvalue weighted by molar-refractivity contribution is 0.0715. The van der Waals surface area contributed by atoms with Crippen LogP contribution < -0.4 is 4.74 Å². The van der Waals surface area contributed by atoms with Crippen LogP contribution in [0.25, 0.3) is 0 Å². The topological polar surface area (TPSA) is 29.5 Å². The first-order chi connectivity index (χ1) is 9.79. The number of hydrogen-bond acceptors (Lipinski definition) is 2. The summed E-state index contributed by atoms with van der Waals surface area (Å²) >= 11 is 0. The van der Waals surface area contributed by atoms with Crippen LogP contribution in [0, 0.1) is 11.8 Å². The highest BCUT2D eigenvalue weighted by atomic mass is 16.5. The molecule has 0 bridgehead atoms. The molecule has 0 saturated carbocycles. The second-order valence-corrected chi connectivity index (χ2v) is 6.69. The fraction of sp³-hybridized carbons (Fsp3) is 0.611. The predicted molar refractivity (Wildman–Crippen MR) is 87.8 cm³/mol. The van der Waals surface area contributed by atoms with Crippen LogP contribution in [-0.2, 0) is 0 Å². The van der Waals surface area contributed by atoms with E-state index >= 15 is 0 Å². The molecule has 1 amide bonds. The highest BCUT2D eigenvalue weighted by molar-refractivity contribution is 5.94. The fourth-order valence-corrected chi connectivity index (χ4v) is 2.25. The zero-order valence-corrected chi connectivity index (χ0v) is 14.2. The molecule has 0 heterocycles. The van der Waals surface area contributed by atoms with Crippen LogP contribution in [0.5, 0.6) is 5.75 Å². The van der Waals surface area contributed by atoms with Crippen molar-refractivity contribution in [3.63, 3.8) is 0 Å². The summed E-state index contributed by atoms with van der Waals surface area (Å²) in [7, 11) is 0. The van der Waals surface area contributed by atoms with Crippen LogP contribution in [0.2, 0.25) is 0 Å². The summed E-state index contributed by atoms with van der Waals surface area (Å²) in [5.41, 5.74) is 0.729. The first-order valence-electron chi connectivity index (χ1n) is 7.85. The predicted octanol–water partition coefficient (Wildman–Crippen LogP) is 4.23. The maximum atomic E-state index is 12.6. The Hall–Kier alpha value is -1.51. The quantitative estimate of drug-likeness (QED) is 0.752. The van der Waals surface area contributed by atoms with E-state index < -0.39 is 0 Å². The van der Waals surface area contributed by atoms with Gasteiger partial charge in [-0.2, -0.15) is 0 Å². The van der Waals surface area contributed by atoms with E-state index in [2.05, 4.69) is 27.7 Å². The Balaban J connectivity index is 2.82. The van der Waals surface area contributed by atoms with E-state index in [1.165, 1.54) is 0 Å². The van der Waals surface area contributed by atoms with Gasteiger partial charge in [0.05, 0.1) is 6.10 Å². The van der Waals surface area contributed by atoms with E-state index in [1.54, 1.807) is 0 Å². The van der Waals surface area contributed by atoms with Crippen molar-refractivity contribution in [1.82, 2.24) is 4.90 Å². The third-order valence-electron chi connectivity index (χ3n) is 2.93. The molecular formula is C18H29NO2. The van der Waals surface area contributed by atoms with Gasteiger partial charge in [0.25, 0.3) is 5.91 Å². The van der Waals surface area contributed by atoms with Crippen molar-refractivity contribution < 1.29 is 9.53 Å². The molecule has 1 rings (SSSR count). The number of hydrogen-bond donors (Lipinski definition) is 0. The minimum absolute atomic E-state index is 0.105. The Bertz CT molecular complexity index is 425. The van der Waals surface area contributed by atoms with Gasteiger partial charge in [0.15, 0.2) is 0 Å². The van der Waals surface area contributed by atoms with Crippen molar-refractivity contribution >= 4 is 5.91 Å². The number of carbonyl (C=O) groups excluding carboxylic acids is 1. The van der Waals surface area contributed by atoms with E-state index in [4.69, 9.17) is 4.74 Å². The summed E-state index contributed by atoms with van der Waals surface area (Å²) < 4.78 is 5.61. The van der Waals surface area contributed by atoms with Gasteiger partial charge in [0.1, 0.15) is 5.75 Å². The van der Waals surface area contributed by atoms with Gasteiger partial charge in [-0.1, -0.05) is 27.7 Å². The summed E-state index contributed by atoms with van der Waals surface area (Å²) in [6.45, 7) is 14.1. The third kappa shape index (κ3) is 6.19. The lowest BCUT2D eigenvalue weighted by Crippen LogP contribution is -2.37. The molecule has 0 atom stereocenters. The molecule has 0 unspecified atom stereocenters. The first-order valence-corrected chi connectivity index (χ1v) is 7.85. The second-order valence-electron chi connectivity index (χ2n) is 6.69. The van der Waals surface area contributed by atoms with E-state index in [0.29, 0.717) is 11.8 Å². The largest absolute Gasteiger partial charge is 0.491 e.